The quantitative estimate of drug-likeness (QED) is 0.725. The van der Waals surface area contributed by atoms with Crippen molar-refractivity contribution in [3.05, 3.63) is 36.7 Å². The molecule has 78 valence electrons. The van der Waals surface area contributed by atoms with Gasteiger partial charge in [0.1, 0.15) is 4.90 Å². The van der Waals surface area contributed by atoms with Gasteiger partial charge < -0.3 is 0 Å². The number of fused-ring (bicyclic) bond motifs is 1. The Labute approximate surface area is 87.6 Å². The van der Waals surface area contributed by atoms with E-state index >= 15 is 0 Å². The SMILES string of the molecule is COS(=O)(=O)c1cccc2ccncc12. The topological polar surface area (TPSA) is 56.3 Å². The lowest BCUT2D eigenvalue weighted by Crippen LogP contribution is -2.03. The first-order valence-corrected chi connectivity index (χ1v) is 5.69. The summed E-state index contributed by atoms with van der Waals surface area (Å²) >= 11 is 0. The van der Waals surface area contributed by atoms with Crippen molar-refractivity contribution in [1.29, 1.82) is 0 Å². The number of rotatable bonds is 2. The lowest BCUT2D eigenvalue weighted by Gasteiger charge is -2.04. The maximum atomic E-state index is 11.6. The largest absolute Gasteiger partial charge is 0.297 e. The van der Waals surface area contributed by atoms with Crippen molar-refractivity contribution in [3.63, 3.8) is 0 Å². The fourth-order valence-corrected chi connectivity index (χ4v) is 2.26. The Morgan fingerprint density at radius 2 is 2.07 bits per heavy atom. The zero-order valence-corrected chi connectivity index (χ0v) is 8.86. The molecule has 2 aromatic rings. The third kappa shape index (κ3) is 1.71. The molecule has 2 rings (SSSR count). The molecule has 0 radical (unpaired) electrons. The Hall–Kier alpha value is -1.46. The zero-order valence-electron chi connectivity index (χ0n) is 8.04. The van der Waals surface area contributed by atoms with Crippen molar-refractivity contribution in [2.24, 2.45) is 0 Å². The molecule has 0 N–H and O–H groups in total. The number of benzene rings is 1. The standard InChI is InChI=1S/C10H9NO3S/c1-14-15(12,13)10-4-2-3-8-5-6-11-7-9(8)10/h2-7H,1H3. The smallest absolute Gasteiger partial charge is 0.270 e. The van der Waals surface area contributed by atoms with Crippen molar-refractivity contribution in [2.45, 2.75) is 4.90 Å². The molecule has 1 aromatic heterocycles. The van der Waals surface area contributed by atoms with Crippen molar-refractivity contribution in [2.75, 3.05) is 7.11 Å². The fraction of sp³-hybridized carbons (Fsp3) is 0.100. The molecule has 1 aromatic carbocycles. The minimum Gasteiger partial charge on any atom is -0.270 e. The lowest BCUT2D eigenvalue weighted by molar-refractivity contribution is 0.398. The monoisotopic (exact) mass is 223 g/mol. The van der Waals surface area contributed by atoms with Gasteiger partial charge in [0, 0.05) is 17.8 Å². The van der Waals surface area contributed by atoms with Crippen LogP contribution < -0.4 is 0 Å². The van der Waals surface area contributed by atoms with Crippen LogP contribution in [-0.4, -0.2) is 20.5 Å². The second-order valence-corrected chi connectivity index (χ2v) is 4.66. The summed E-state index contributed by atoms with van der Waals surface area (Å²) in [7, 11) is -2.52. The van der Waals surface area contributed by atoms with Crippen LogP contribution in [0.1, 0.15) is 0 Å². The van der Waals surface area contributed by atoms with Crippen LogP contribution in [0.5, 0.6) is 0 Å². The molecule has 15 heavy (non-hydrogen) atoms. The van der Waals surface area contributed by atoms with Crippen LogP contribution in [0.3, 0.4) is 0 Å². The van der Waals surface area contributed by atoms with E-state index in [2.05, 4.69) is 9.17 Å². The second-order valence-electron chi connectivity index (χ2n) is 2.97. The lowest BCUT2D eigenvalue weighted by atomic mass is 10.2. The van der Waals surface area contributed by atoms with Crippen LogP contribution in [0.4, 0.5) is 0 Å². The average Bonchev–Trinajstić information content (AvgIpc) is 2.28. The molecule has 0 aliphatic heterocycles. The van der Waals surface area contributed by atoms with Crippen LogP contribution in [-0.2, 0) is 14.3 Å². The Bertz CT molecular complexity index is 587. The van der Waals surface area contributed by atoms with Crippen molar-refractivity contribution in [1.82, 2.24) is 4.98 Å². The van der Waals surface area contributed by atoms with E-state index in [4.69, 9.17) is 0 Å². The molecule has 0 fully saturated rings. The molecule has 0 aliphatic carbocycles. The molecule has 0 saturated heterocycles. The number of pyridine rings is 1. The van der Waals surface area contributed by atoms with E-state index in [1.54, 1.807) is 18.3 Å². The van der Waals surface area contributed by atoms with Gasteiger partial charge in [-0.3, -0.25) is 9.17 Å². The summed E-state index contributed by atoms with van der Waals surface area (Å²) in [6.07, 6.45) is 3.13. The highest BCUT2D eigenvalue weighted by Crippen LogP contribution is 2.22. The Morgan fingerprint density at radius 3 is 2.80 bits per heavy atom. The highest BCUT2D eigenvalue weighted by Gasteiger charge is 2.15. The van der Waals surface area contributed by atoms with E-state index in [0.717, 1.165) is 12.5 Å². The number of hydrogen-bond acceptors (Lipinski definition) is 4. The predicted octanol–water partition coefficient (Wildman–Crippen LogP) is 1.57. The maximum Gasteiger partial charge on any atom is 0.297 e. The van der Waals surface area contributed by atoms with Crippen molar-refractivity contribution < 1.29 is 12.6 Å². The molecule has 0 amide bonds. The number of hydrogen-bond donors (Lipinski definition) is 0. The summed E-state index contributed by atoms with van der Waals surface area (Å²) in [5, 5.41) is 1.39. The van der Waals surface area contributed by atoms with E-state index in [9.17, 15) is 8.42 Å². The first-order chi connectivity index (χ1) is 7.15. The second kappa shape index (κ2) is 3.60. The van der Waals surface area contributed by atoms with Gasteiger partial charge >= 0.3 is 0 Å². The van der Waals surface area contributed by atoms with Gasteiger partial charge in [-0.05, 0) is 17.5 Å². The Balaban J connectivity index is 2.83. The molecular weight excluding hydrogens is 214 g/mol. The fourth-order valence-electron chi connectivity index (χ4n) is 1.39. The van der Waals surface area contributed by atoms with Gasteiger partial charge in [0.25, 0.3) is 10.1 Å². The first-order valence-electron chi connectivity index (χ1n) is 4.28. The van der Waals surface area contributed by atoms with Crippen LogP contribution in [0.2, 0.25) is 0 Å². The Morgan fingerprint density at radius 1 is 1.27 bits per heavy atom. The molecule has 1 heterocycles. The molecule has 0 bridgehead atoms. The third-order valence-electron chi connectivity index (χ3n) is 2.13. The van der Waals surface area contributed by atoms with E-state index in [-0.39, 0.29) is 4.90 Å². The molecule has 5 heteroatoms. The van der Waals surface area contributed by atoms with Gasteiger partial charge in [0.15, 0.2) is 0 Å². The van der Waals surface area contributed by atoms with Crippen LogP contribution in [0, 0.1) is 0 Å². The minimum absolute atomic E-state index is 0.149. The van der Waals surface area contributed by atoms with Gasteiger partial charge in [0.05, 0.1) is 7.11 Å². The summed E-state index contributed by atoms with van der Waals surface area (Å²) in [5.74, 6) is 0. The van der Waals surface area contributed by atoms with E-state index in [1.165, 1.54) is 12.3 Å². The summed E-state index contributed by atoms with van der Waals surface area (Å²) in [6, 6.07) is 6.76. The average molecular weight is 223 g/mol. The van der Waals surface area contributed by atoms with Gasteiger partial charge in [-0.1, -0.05) is 12.1 Å². The van der Waals surface area contributed by atoms with Gasteiger partial charge in [-0.25, -0.2) is 0 Å². The molecule has 4 nitrogen and oxygen atoms in total. The third-order valence-corrected chi connectivity index (χ3v) is 3.47. The summed E-state index contributed by atoms with van der Waals surface area (Å²) < 4.78 is 27.6. The molecule has 0 unspecified atom stereocenters. The van der Waals surface area contributed by atoms with Crippen molar-refractivity contribution in [3.8, 4) is 0 Å². The first kappa shape index (κ1) is 10.1. The summed E-state index contributed by atoms with van der Waals surface area (Å²) in [4.78, 5) is 4.05. The maximum absolute atomic E-state index is 11.6. The van der Waals surface area contributed by atoms with Crippen LogP contribution >= 0.6 is 0 Å². The number of nitrogens with zero attached hydrogens (tertiary/aromatic N) is 1. The summed E-state index contributed by atoms with van der Waals surface area (Å²) in [6.45, 7) is 0. The normalized spacial score (nSPS) is 11.8. The van der Waals surface area contributed by atoms with E-state index < -0.39 is 10.1 Å². The molecule has 0 saturated carbocycles. The molecular formula is C10H9NO3S. The summed E-state index contributed by atoms with van der Waals surface area (Å²) in [5.41, 5.74) is 0. The van der Waals surface area contributed by atoms with E-state index in [1.807, 2.05) is 6.07 Å². The van der Waals surface area contributed by atoms with Gasteiger partial charge in [-0.2, -0.15) is 8.42 Å². The van der Waals surface area contributed by atoms with Crippen molar-refractivity contribution >= 4 is 20.9 Å². The number of aromatic nitrogens is 1. The van der Waals surface area contributed by atoms with Gasteiger partial charge in [0.2, 0.25) is 0 Å². The van der Waals surface area contributed by atoms with Crippen LogP contribution in [0.25, 0.3) is 10.8 Å². The zero-order chi connectivity index (χ0) is 10.9. The molecule has 0 spiro atoms. The highest BCUT2D eigenvalue weighted by molar-refractivity contribution is 7.87. The minimum atomic E-state index is -3.66. The molecule has 0 aliphatic rings. The van der Waals surface area contributed by atoms with E-state index in [0.29, 0.717) is 5.39 Å². The Kier molecular flexibility index (Phi) is 2.42. The molecule has 0 atom stereocenters. The highest BCUT2D eigenvalue weighted by atomic mass is 32.2. The van der Waals surface area contributed by atoms with Gasteiger partial charge in [-0.15, -0.1) is 0 Å². The van der Waals surface area contributed by atoms with Crippen LogP contribution in [0.15, 0.2) is 41.6 Å². The predicted molar refractivity (Wildman–Crippen MR) is 55.9 cm³/mol.